The quantitative estimate of drug-likeness (QED) is 0.629. The maximum atomic E-state index is 12.6. The predicted octanol–water partition coefficient (Wildman–Crippen LogP) is 2.84. The Morgan fingerprint density at radius 1 is 1.00 bits per heavy atom. The molecule has 31 heavy (non-hydrogen) atoms. The number of hydrogen-bond acceptors (Lipinski definition) is 5. The molecule has 1 aromatic rings. The van der Waals surface area contributed by atoms with Gasteiger partial charge in [-0.25, -0.2) is 0 Å². The fraction of sp³-hybridized carbons (Fsp3) is 0.667. The second-order valence-corrected chi connectivity index (χ2v) is 8.67. The van der Waals surface area contributed by atoms with Gasteiger partial charge in [-0.1, -0.05) is 6.92 Å². The first-order valence-corrected chi connectivity index (χ1v) is 11.6. The van der Waals surface area contributed by atoms with E-state index in [9.17, 15) is 9.59 Å². The third kappa shape index (κ3) is 6.12. The lowest BCUT2D eigenvalue weighted by Crippen LogP contribution is -2.43. The van der Waals surface area contributed by atoms with E-state index in [1.54, 1.807) is 32.4 Å². The summed E-state index contributed by atoms with van der Waals surface area (Å²) in [5.41, 5.74) is 0.554. The number of likely N-dealkylation sites (N-methyl/N-ethyl adjacent to an activating group) is 1. The van der Waals surface area contributed by atoms with Gasteiger partial charge in [0.15, 0.2) is 11.5 Å². The Hall–Kier alpha value is -2.28. The smallest absolute Gasteiger partial charge is 0.251 e. The van der Waals surface area contributed by atoms with Gasteiger partial charge in [-0.2, -0.15) is 0 Å². The van der Waals surface area contributed by atoms with Gasteiger partial charge in [0, 0.05) is 30.6 Å². The highest BCUT2D eigenvalue weighted by Crippen LogP contribution is 2.30. The molecule has 2 N–H and O–H groups in total. The number of carbonyl (C=O) groups is 2. The number of rotatable bonds is 9. The van der Waals surface area contributed by atoms with Crippen LogP contribution in [0.5, 0.6) is 11.5 Å². The molecule has 1 aliphatic heterocycles. The van der Waals surface area contributed by atoms with Gasteiger partial charge < -0.3 is 20.1 Å². The zero-order valence-electron chi connectivity index (χ0n) is 19.1. The minimum Gasteiger partial charge on any atom is -0.493 e. The summed E-state index contributed by atoms with van der Waals surface area (Å²) in [7, 11) is 3.13. The molecule has 2 fully saturated rings. The molecule has 0 radical (unpaired) electrons. The SMILES string of the molecule is CCN1CCCC1CNC(=O)C1CCC(CNC(=O)c2ccc(OC)c(OC)c2)CC1. The van der Waals surface area contributed by atoms with Crippen LogP contribution in [0.4, 0.5) is 0 Å². The van der Waals surface area contributed by atoms with Crippen molar-refractivity contribution in [1.29, 1.82) is 0 Å². The first-order valence-electron chi connectivity index (χ1n) is 11.6. The lowest BCUT2D eigenvalue weighted by atomic mass is 9.81. The number of hydrogen-bond donors (Lipinski definition) is 2. The van der Waals surface area contributed by atoms with E-state index < -0.39 is 0 Å². The molecule has 0 aromatic heterocycles. The van der Waals surface area contributed by atoms with Crippen molar-refractivity contribution in [3.63, 3.8) is 0 Å². The summed E-state index contributed by atoms with van der Waals surface area (Å²) in [6, 6.07) is 5.67. The van der Waals surface area contributed by atoms with Gasteiger partial charge in [0.25, 0.3) is 5.91 Å². The summed E-state index contributed by atoms with van der Waals surface area (Å²) in [5.74, 6) is 1.76. The van der Waals surface area contributed by atoms with E-state index in [2.05, 4.69) is 22.5 Å². The lowest BCUT2D eigenvalue weighted by molar-refractivity contribution is -0.126. The Morgan fingerprint density at radius 2 is 1.74 bits per heavy atom. The number of nitrogens with one attached hydrogen (secondary N) is 2. The molecule has 1 unspecified atom stereocenters. The van der Waals surface area contributed by atoms with Crippen LogP contribution < -0.4 is 20.1 Å². The van der Waals surface area contributed by atoms with E-state index in [0.717, 1.165) is 45.3 Å². The van der Waals surface area contributed by atoms with Gasteiger partial charge in [0.1, 0.15) is 0 Å². The highest BCUT2D eigenvalue weighted by Gasteiger charge is 2.28. The summed E-state index contributed by atoms with van der Waals surface area (Å²) in [6.45, 7) is 5.80. The van der Waals surface area contributed by atoms with E-state index in [1.165, 1.54) is 12.8 Å². The van der Waals surface area contributed by atoms with E-state index in [1.807, 2.05) is 0 Å². The first kappa shape index (κ1) is 23.4. The zero-order valence-corrected chi connectivity index (χ0v) is 19.1. The number of amides is 2. The molecule has 172 valence electrons. The normalized spacial score (nSPS) is 23.9. The summed E-state index contributed by atoms with van der Waals surface area (Å²) in [4.78, 5) is 27.6. The molecule has 0 spiro atoms. The van der Waals surface area contributed by atoms with Crippen molar-refractivity contribution in [3.05, 3.63) is 23.8 Å². The molecule has 1 aromatic carbocycles. The van der Waals surface area contributed by atoms with Crippen LogP contribution in [-0.4, -0.2) is 63.2 Å². The second-order valence-electron chi connectivity index (χ2n) is 8.67. The van der Waals surface area contributed by atoms with E-state index in [-0.39, 0.29) is 17.7 Å². The first-order chi connectivity index (χ1) is 15.0. The third-order valence-corrected chi connectivity index (χ3v) is 6.83. The van der Waals surface area contributed by atoms with Crippen molar-refractivity contribution < 1.29 is 19.1 Å². The van der Waals surface area contributed by atoms with Crippen molar-refractivity contribution in [2.75, 3.05) is 40.4 Å². The molecule has 7 heteroatoms. The highest BCUT2D eigenvalue weighted by atomic mass is 16.5. The Balaban J connectivity index is 1.39. The Labute approximate surface area is 185 Å². The summed E-state index contributed by atoms with van der Waals surface area (Å²) in [6.07, 6.45) is 6.13. The minimum atomic E-state index is -0.113. The second kappa shape index (κ2) is 11.4. The lowest BCUT2D eigenvalue weighted by Gasteiger charge is -2.29. The fourth-order valence-corrected chi connectivity index (χ4v) is 4.85. The van der Waals surface area contributed by atoms with Crippen molar-refractivity contribution in [2.45, 2.75) is 51.5 Å². The predicted molar refractivity (Wildman–Crippen MR) is 121 cm³/mol. The Bertz CT molecular complexity index is 746. The van der Waals surface area contributed by atoms with Gasteiger partial charge in [-0.15, -0.1) is 0 Å². The van der Waals surface area contributed by atoms with Crippen LogP contribution in [0.3, 0.4) is 0 Å². The number of likely N-dealkylation sites (tertiary alicyclic amines) is 1. The van der Waals surface area contributed by atoms with Crippen LogP contribution in [0, 0.1) is 11.8 Å². The average molecular weight is 432 g/mol. The number of carbonyl (C=O) groups excluding carboxylic acids is 2. The van der Waals surface area contributed by atoms with Crippen LogP contribution >= 0.6 is 0 Å². The maximum Gasteiger partial charge on any atom is 0.251 e. The van der Waals surface area contributed by atoms with Crippen LogP contribution in [0.1, 0.15) is 55.8 Å². The molecule has 2 amide bonds. The third-order valence-electron chi connectivity index (χ3n) is 6.83. The number of methoxy groups -OCH3 is 2. The van der Waals surface area contributed by atoms with Crippen molar-refractivity contribution in [2.24, 2.45) is 11.8 Å². The van der Waals surface area contributed by atoms with Crippen LogP contribution in [0.15, 0.2) is 18.2 Å². The highest BCUT2D eigenvalue weighted by molar-refractivity contribution is 5.94. The topological polar surface area (TPSA) is 79.9 Å². The Morgan fingerprint density at radius 3 is 2.42 bits per heavy atom. The number of benzene rings is 1. The molecule has 2 aliphatic rings. The zero-order chi connectivity index (χ0) is 22.2. The van der Waals surface area contributed by atoms with Crippen LogP contribution in [0.25, 0.3) is 0 Å². The van der Waals surface area contributed by atoms with Crippen molar-refractivity contribution in [3.8, 4) is 11.5 Å². The molecular formula is C24H37N3O4. The van der Waals surface area contributed by atoms with Gasteiger partial charge in [0.2, 0.25) is 5.91 Å². The van der Waals surface area contributed by atoms with E-state index >= 15 is 0 Å². The van der Waals surface area contributed by atoms with Gasteiger partial charge in [-0.05, 0) is 75.7 Å². The van der Waals surface area contributed by atoms with Crippen LogP contribution in [-0.2, 0) is 4.79 Å². The molecule has 3 rings (SSSR count). The summed E-state index contributed by atoms with van der Waals surface area (Å²) < 4.78 is 10.5. The van der Waals surface area contributed by atoms with Gasteiger partial charge in [0.05, 0.1) is 14.2 Å². The Kier molecular flexibility index (Phi) is 8.58. The van der Waals surface area contributed by atoms with Crippen LogP contribution in [0.2, 0.25) is 0 Å². The van der Waals surface area contributed by atoms with E-state index in [0.29, 0.717) is 35.6 Å². The van der Waals surface area contributed by atoms with Crippen molar-refractivity contribution >= 4 is 11.8 Å². The van der Waals surface area contributed by atoms with Crippen molar-refractivity contribution in [1.82, 2.24) is 15.5 Å². The average Bonchev–Trinajstić information content (AvgIpc) is 3.28. The number of ether oxygens (including phenoxy) is 2. The molecule has 1 saturated carbocycles. The molecule has 1 aliphatic carbocycles. The number of nitrogens with zero attached hydrogens (tertiary/aromatic N) is 1. The molecular weight excluding hydrogens is 394 g/mol. The standard InChI is InChI=1S/C24H37N3O4/c1-4-27-13-5-6-20(27)16-26-23(28)18-9-7-17(8-10-18)15-25-24(29)19-11-12-21(30-2)22(14-19)31-3/h11-12,14,17-18,20H,4-10,13,15-16H2,1-3H3,(H,25,29)(H,26,28). The monoisotopic (exact) mass is 431 g/mol. The van der Waals surface area contributed by atoms with Gasteiger partial charge in [-0.3, -0.25) is 14.5 Å². The molecule has 1 heterocycles. The van der Waals surface area contributed by atoms with E-state index in [4.69, 9.17) is 9.47 Å². The maximum absolute atomic E-state index is 12.6. The fourth-order valence-electron chi connectivity index (χ4n) is 4.85. The van der Waals surface area contributed by atoms with Gasteiger partial charge >= 0.3 is 0 Å². The summed E-state index contributed by atoms with van der Waals surface area (Å²) in [5, 5.41) is 6.23. The summed E-state index contributed by atoms with van der Waals surface area (Å²) >= 11 is 0. The minimum absolute atomic E-state index is 0.106. The molecule has 1 saturated heterocycles. The largest absolute Gasteiger partial charge is 0.493 e. The molecule has 1 atom stereocenters. The molecule has 7 nitrogen and oxygen atoms in total. The molecule has 0 bridgehead atoms.